The van der Waals surface area contributed by atoms with Crippen LogP contribution in [0.15, 0.2) is 6.20 Å². The fourth-order valence-corrected chi connectivity index (χ4v) is 2.66. The van der Waals surface area contributed by atoms with E-state index in [1.165, 1.54) is 0 Å². The number of rotatable bonds is 4. The molecule has 2 rings (SSSR count). The third-order valence-electron chi connectivity index (χ3n) is 3.77. The van der Waals surface area contributed by atoms with Gasteiger partial charge in [0.2, 0.25) is 0 Å². The lowest BCUT2D eigenvalue weighted by Gasteiger charge is -2.37. The van der Waals surface area contributed by atoms with Gasteiger partial charge in [-0.25, -0.2) is 0 Å². The summed E-state index contributed by atoms with van der Waals surface area (Å²) in [6, 6.07) is 0. The standard InChI is InChI=1S/C14H23N3O3/c1-3-6-17-8-12(11(2)15-17)13(19)16-7-4-5-14(20,9-16)10-18/h8,18,20H,3-7,9-10H2,1-2H3. The van der Waals surface area contributed by atoms with Crippen molar-refractivity contribution in [3.05, 3.63) is 17.5 Å². The summed E-state index contributed by atoms with van der Waals surface area (Å²) in [6.45, 7) is 5.14. The highest BCUT2D eigenvalue weighted by Crippen LogP contribution is 2.22. The number of hydrogen-bond acceptors (Lipinski definition) is 4. The molecule has 2 heterocycles. The van der Waals surface area contributed by atoms with Crippen LogP contribution in [0, 0.1) is 6.92 Å². The van der Waals surface area contributed by atoms with E-state index in [0.29, 0.717) is 30.6 Å². The topological polar surface area (TPSA) is 78.6 Å². The zero-order valence-corrected chi connectivity index (χ0v) is 12.2. The molecule has 2 N–H and O–H groups in total. The van der Waals surface area contributed by atoms with E-state index in [2.05, 4.69) is 12.0 Å². The Morgan fingerprint density at radius 1 is 1.55 bits per heavy atom. The molecule has 0 bridgehead atoms. The molecular weight excluding hydrogens is 258 g/mol. The molecule has 1 aromatic heterocycles. The van der Waals surface area contributed by atoms with Gasteiger partial charge in [0.1, 0.15) is 5.60 Å². The van der Waals surface area contributed by atoms with E-state index in [0.717, 1.165) is 13.0 Å². The molecule has 1 aliphatic rings. The van der Waals surface area contributed by atoms with Gasteiger partial charge in [0, 0.05) is 19.3 Å². The van der Waals surface area contributed by atoms with Crippen molar-refractivity contribution in [1.82, 2.24) is 14.7 Å². The average molecular weight is 281 g/mol. The largest absolute Gasteiger partial charge is 0.393 e. The van der Waals surface area contributed by atoms with Crippen LogP contribution in [0.2, 0.25) is 0 Å². The van der Waals surface area contributed by atoms with Crippen LogP contribution in [-0.4, -0.2) is 56.1 Å². The Hall–Kier alpha value is -1.40. The van der Waals surface area contributed by atoms with Gasteiger partial charge in [0.25, 0.3) is 5.91 Å². The third kappa shape index (κ3) is 3.02. The van der Waals surface area contributed by atoms with E-state index in [9.17, 15) is 15.0 Å². The Bertz CT molecular complexity index is 486. The van der Waals surface area contributed by atoms with Gasteiger partial charge in [-0.3, -0.25) is 9.48 Å². The van der Waals surface area contributed by atoms with E-state index in [4.69, 9.17) is 0 Å². The number of β-amino-alcohol motifs (C(OH)–C–C–N with tert-alkyl or cyclic N) is 1. The van der Waals surface area contributed by atoms with E-state index in [-0.39, 0.29) is 19.1 Å². The first-order valence-electron chi connectivity index (χ1n) is 7.15. The van der Waals surface area contributed by atoms with Gasteiger partial charge in [-0.05, 0) is 26.2 Å². The van der Waals surface area contributed by atoms with Gasteiger partial charge in [0.05, 0.1) is 24.4 Å². The molecule has 6 nitrogen and oxygen atoms in total. The van der Waals surface area contributed by atoms with Crippen molar-refractivity contribution in [1.29, 1.82) is 0 Å². The highest BCUT2D eigenvalue weighted by Gasteiger charge is 2.35. The van der Waals surface area contributed by atoms with Gasteiger partial charge in [-0.1, -0.05) is 6.92 Å². The molecule has 1 saturated heterocycles. The molecule has 0 radical (unpaired) electrons. The second-order valence-corrected chi connectivity index (χ2v) is 5.60. The molecule has 1 aromatic rings. The van der Waals surface area contributed by atoms with Crippen molar-refractivity contribution >= 4 is 5.91 Å². The van der Waals surface area contributed by atoms with Gasteiger partial charge >= 0.3 is 0 Å². The van der Waals surface area contributed by atoms with Crippen molar-refractivity contribution in [3.8, 4) is 0 Å². The van der Waals surface area contributed by atoms with Crippen LogP contribution in [0.25, 0.3) is 0 Å². The zero-order valence-electron chi connectivity index (χ0n) is 12.2. The van der Waals surface area contributed by atoms with Crippen LogP contribution in [-0.2, 0) is 6.54 Å². The fourth-order valence-electron chi connectivity index (χ4n) is 2.66. The van der Waals surface area contributed by atoms with Crippen molar-refractivity contribution < 1.29 is 15.0 Å². The molecule has 0 saturated carbocycles. The maximum atomic E-state index is 12.5. The van der Waals surface area contributed by atoms with Gasteiger partial charge in [-0.15, -0.1) is 0 Å². The lowest BCUT2D eigenvalue weighted by atomic mass is 9.93. The van der Waals surface area contributed by atoms with Crippen LogP contribution in [0.4, 0.5) is 0 Å². The number of amides is 1. The lowest BCUT2D eigenvalue weighted by molar-refractivity contribution is -0.0598. The highest BCUT2D eigenvalue weighted by molar-refractivity contribution is 5.95. The Morgan fingerprint density at radius 2 is 2.30 bits per heavy atom. The second-order valence-electron chi connectivity index (χ2n) is 5.60. The first kappa shape index (κ1) is 15.0. The number of carbonyl (C=O) groups excluding carboxylic acids is 1. The summed E-state index contributed by atoms with van der Waals surface area (Å²) < 4.78 is 1.78. The molecule has 20 heavy (non-hydrogen) atoms. The monoisotopic (exact) mass is 281 g/mol. The maximum absolute atomic E-state index is 12.5. The number of aliphatic hydroxyl groups is 2. The fraction of sp³-hybridized carbons (Fsp3) is 0.714. The van der Waals surface area contributed by atoms with Crippen molar-refractivity contribution in [2.24, 2.45) is 0 Å². The molecule has 1 aliphatic heterocycles. The average Bonchev–Trinajstić information content (AvgIpc) is 2.79. The van der Waals surface area contributed by atoms with Crippen LogP contribution in [0.1, 0.15) is 42.2 Å². The summed E-state index contributed by atoms with van der Waals surface area (Å²) in [5.41, 5.74) is 0.128. The quantitative estimate of drug-likeness (QED) is 0.845. The molecule has 1 amide bonds. The third-order valence-corrected chi connectivity index (χ3v) is 3.77. The van der Waals surface area contributed by atoms with Crippen molar-refractivity contribution in [2.75, 3.05) is 19.7 Å². The molecule has 0 aromatic carbocycles. The molecule has 6 heteroatoms. The van der Waals surface area contributed by atoms with Crippen LogP contribution in [0.5, 0.6) is 0 Å². The summed E-state index contributed by atoms with van der Waals surface area (Å²) in [5, 5.41) is 23.7. The second kappa shape index (κ2) is 5.93. The minimum Gasteiger partial charge on any atom is -0.393 e. The molecule has 0 aliphatic carbocycles. The summed E-state index contributed by atoms with van der Waals surface area (Å²) in [5.74, 6) is -0.114. The maximum Gasteiger partial charge on any atom is 0.257 e. The lowest BCUT2D eigenvalue weighted by Crippen LogP contribution is -2.52. The SMILES string of the molecule is CCCn1cc(C(=O)N2CCCC(O)(CO)C2)c(C)n1. The predicted molar refractivity (Wildman–Crippen MR) is 74.4 cm³/mol. The van der Waals surface area contributed by atoms with Gasteiger partial charge in [0.15, 0.2) is 0 Å². The molecular formula is C14H23N3O3. The van der Waals surface area contributed by atoms with Gasteiger partial charge < -0.3 is 15.1 Å². The Balaban J connectivity index is 2.14. The summed E-state index contributed by atoms with van der Waals surface area (Å²) in [6.07, 6.45) is 3.96. The number of aromatic nitrogens is 2. The molecule has 112 valence electrons. The van der Waals surface area contributed by atoms with Crippen molar-refractivity contribution in [3.63, 3.8) is 0 Å². The molecule has 1 unspecified atom stereocenters. The first-order chi connectivity index (χ1) is 9.49. The number of aliphatic hydroxyl groups excluding tert-OH is 1. The number of piperidine rings is 1. The van der Waals surface area contributed by atoms with Crippen LogP contribution in [0.3, 0.4) is 0 Å². The molecule has 1 fully saturated rings. The van der Waals surface area contributed by atoms with E-state index < -0.39 is 5.60 Å². The van der Waals surface area contributed by atoms with E-state index in [1.54, 1.807) is 15.8 Å². The summed E-state index contributed by atoms with van der Waals surface area (Å²) in [7, 11) is 0. The Kier molecular flexibility index (Phi) is 4.45. The molecule has 0 spiro atoms. The van der Waals surface area contributed by atoms with E-state index in [1.807, 2.05) is 6.92 Å². The Morgan fingerprint density at radius 3 is 2.95 bits per heavy atom. The number of aryl methyl sites for hydroxylation is 2. The van der Waals surface area contributed by atoms with Crippen LogP contribution < -0.4 is 0 Å². The molecule has 1 atom stereocenters. The summed E-state index contributed by atoms with van der Waals surface area (Å²) in [4.78, 5) is 14.1. The normalized spacial score (nSPS) is 23.1. The summed E-state index contributed by atoms with van der Waals surface area (Å²) >= 11 is 0. The highest BCUT2D eigenvalue weighted by atomic mass is 16.3. The predicted octanol–water partition coefficient (Wildman–Crippen LogP) is 0.561. The van der Waals surface area contributed by atoms with E-state index >= 15 is 0 Å². The zero-order chi connectivity index (χ0) is 14.8. The number of likely N-dealkylation sites (tertiary alicyclic amines) is 1. The Labute approximate surface area is 119 Å². The van der Waals surface area contributed by atoms with Crippen LogP contribution >= 0.6 is 0 Å². The minimum absolute atomic E-state index is 0.114. The number of carbonyl (C=O) groups is 1. The van der Waals surface area contributed by atoms with Crippen molar-refractivity contribution in [2.45, 2.75) is 45.3 Å². The minimum atomic E-state index is -1.17. The smallest absolute Gasteiger partial charge is 0.257 e. The van der Waals surface area contributed by atoms with Gasteiger partial charge in [-0.2, -0.15) is 5.10 Å². The number of hydrogen-bond donors (Lipinski definition) is 2. The number of nitrogens with zero attached hydrogens (tertiary/aromatic N) is 3. The first-order valence-corrected chi connectivity index (χ1v) is 7.15.